The first-order valence-electron chi connectivity index (χ1n) is 10.0. The Morgan fingerprint density at radius 1 is 1.10 bits per heavy atom. The maximum Gasteiger partial charge on any atom is 0.254 e. The van der Waals surface area contributed by atoms with Gasteiger partial charge in [-0.3, -0.25) is 9.59 Å². The summed E-state index contributed by atoms with van der Waals surface area (Å²) < 4.78 is 5.30. The molecule has 3 rings (SSSR count). The predicted molar refractivity (Wildman–Crippen MR) is 113 cm³/mol. The van der Waals surface area contributed by atoms with Crippen LogP contribution in [0.2, 0.25) is 0 Å². The van der Waals surface area contributed by atoms with E-state index in [0.29, 0.717) is 25.1 Å². The van der Waals surface area contributed by atoms with E-state index in [4.69, 9.17) is 4.74 Å². The van der Waals surface area contributed by atoms with Crippen LogP contribution in [0.4, 0.5) is 0 Å². The molecule has 154 valence electrons. The molecule has 2 aromatic rings. The van der Waals surface area contributed by atoms with Crippen LogP contribution in [0.25, 0.3) is 0 Å². The number of aryl methyl sites for hydroxylation is 1. The topological polar surface area (TPSA) is 61.9 Å². The lowest BCUT2D eigenvalue weighted by Crippen LogP contribution is -2.47. The van der Waals surface area contributed by atoms with Crippen molar-refractivity contribution < 1.29 is 14.3 Å². The number of carbonyl (C=O) groups excluding carboxylic acids is 2. The van der Waals surface area contributed by atoms with E-state index in [1.807, 2.05) is 60.4 Å². The Labute approximate surface area is 172 Å². The second-order valence-electron chi connectivity index (χ2n) is 7.33. The van der Waals surface area contributed by atoms with Gasteiger partial charge in [-0.25, -0.2) is 0 Å². The molecule has 0 unspecified atom stereocenters. The maximum absolute atomic E-state index is 13.2. The summed E-state index contributed by atoms with van der Waals surface area (Å²) in [5, 5.41) is 3.25. The summed E-state index contributed by atoms with van der Waals surface area (Å²) >= 11 is 0. The second kappa shape index (κ2) is 10.1. The molecule has 0 aliphatic carbocycles. The van der Waals surface area contributed by atoms with Crippen molar-refractivity contribution in [2.45, 2.75) is 19.9 Å². The number of piperazine rings is 1. The van der Waals surface area contributed by atoms with E-state index in [9.17, 15) is 9.59 Å². The standard InChI is InChI=1S/C23H29N3O3/c1-18-5-3-7-20(15-18)23(28)26(17-19-6-4-8-21(16-19)29-2)12-9-22(27)25-13-10-24-11-14-25/h3-8,15-16,24H,9-14,17H2,1-2H3. The van der Waals surface area contributed by atoms with Crippen LogP contribution in [-0.4, -0.2) is 61.4 Å². The summed E-state index contributed by atoms with van der Waals surface area (Å²) in [4.78, 5) is 29.4. The molecular formula is C23H29N3O3. The number of nitrogens with zero attached hydrogens (tertiary/aromatic N) is 2. The van der Waals surface area contributed by atoms with Gasteiger partial charge >= 0.3 is 0 Å². The van der Waals surface area contributed by atoms with Crippen LogP contribution >= 0.6 is 0 Å². The molecule has 6 nitrogen and oxygen atoms in total. The lowest BCUT2D eigenvalue weighted by Gasteiger charge is -2.29. The number of nitrogens with one attached hydrogen (secondary N) is 1. The summed E-state index contributed by atoms with van der Waals surface area (Å²) in [5.74, 6) is 0.783. The highest BCUT2D eigenvalue weighted by Crippen LogP contribution is 2.17. The summed E-state index contributed by atoms with van der Waals surface area (Å²) in [7, 11) is 1.63. The van der Waals surface area contributed by atoms with E-state index in [-0.39, 0.29) is 11.8 Å². The van der Waals surface area contributed by atoms with E-state index in [0.717, 1.165) is 43.1 Å². The normalized spacial score (nSPS) is 13.8. The summed E-state index contributed by atoms with van der Waals surface area (Å²) in [6.07, 6.45) is 0.321. The first-order valence-corrected chi connectivity index (χ1v) is 10.0. The Morgan fingerprint density at radius 2 is 1.86 bits per heavy atom. The average Bonchev–Trinajstić information content (AvgIpc) is 2.76. The Kier molecular flexibility index (Phi) is 7.25. The highest BCUT2D eigenvalue weighted by Gasteiger charge is 2.21. The molecule has 1 N–H and O–H groups in total. The molecule has 0 radical (unpaired) electrons. The number of hydrogen-bond acceptors (Lipinski definition) is 4. The fraction of sp³-hybridized carbons (Fsp3) is 0.391. The molecular weight excluding hydrogens is 366 g/mol. The van der Waals surface area contributed by atoms with Crippen LogP contribution in [0.1, 0.15) is 27.9 Å². The predicted octanol–water partition coefficient (Wildman–Crippen LogP) is 2.47. The Hall–Kier alpha value is -2.86. The van der Waals surface area contributed by atoms with Gasteiger partial charge < -0.3 is 19.9 Å². The van der Waals surface area contributed by atoms with Crippen LogP contribution in [0.5, 0.6) is 5.75 Å². The molecule has 0 aromatic heterocycles. The molecule has 0 spiro atoms. The van der Waals surface area contributed by atoms with Crippen molar-refractivity contribution in [3.8, 4) is 5.75 Å². The van der Waals surface area contributed by atoms with Crippen molar-refractivity contribution >= 4 is 11.8 Å². The van der Waals surface area contributed by atoms with Crippen LogP contribution in [0, 0.1) is 6.92 Å². The van der Waals surface area contributed by atoms with Gasteiger partial charge in [0.25, 0.3) is 5.91 Å². The summed E-state index contributed by atoms with van der Waals surface area (Å²) in [6.45, 7) is 5.87. The SMILES string of the molecule is COc1cccc(CN(CCC(=O)N2CCNCC2)C(=O)c2cccc(C)c2)c1. The van der Waals surface area contributed by atoms with Crippen molar-refractivity contribution in [2.75, 3.05) is 39.8 Å². The number of hydrogen-bond donors (Lipinski definition) is 1. The third-order valence-corrected chi connectivity index (χ3v) is 5.13. The zero-order chi connectivity index (χ0) is 20.6. The largest absolute Gasteiger partial charge is 0.497 e. The number of benzene rings is 2. The Bertz CT molecular complexity index is 847. The zero-order valence-electron chi connectivity index (χ0n) is 17.2. The van der Waals surface area contributed by atoms with E-state index >= 15 is 0 Å². The molecule has 2 amide bonds. The van der Waals surface area contributed by atoms with Crippen LogP contribution in [0.15, 0.2) is 48.5 Å². The number of carbonyl (C=O) groups is 2. The molecule has 1 heterocycles. The number of ether oxygens (including phenoxy) is 1. The van der Waals surface area contributed by atoms with Gasteiger partial charge in [0.1, 0.15) is 5.75 Å². The molecule has 0 atom stereocenters. The van der Waals surface area contributed by atoms with Crippen molar-refractivity contribution in [3.05, 3.63) is 65.2 Å². The molecule has 1 aliphatic heterocycles. The number of methoxy groups -OCH3 is 1. The minimum Gasteiger partial charge on any atom is -0.497 e. The van der Waals surface area contributed by atoms with E-state index in [2.05, 4.69) is 5.32 Å². The molecule has 1 fully saturated rings. The van der Waals surface area contributed by atoms with E-state index in [1.165, 1.54) is 0 Å². The van der Waals surface area contributed by atoms with E-state index in [1.54, 1.807) is 12.0 Å². The lowest BCUT2D eigenvalue weighted by molar-refractivity contribution is -0.132. The summed E-state index contributed by atoms with van der Waals surface area (Å²) in [6, 6.07) is 15.3. The van der Waals surface area contributed by atoms with Crippen molar-refractivity contribution in [2.24, 2.45) is 0 Å². The average molecular weight is 396 g/mol. The van der Waals surface area contributed by atoms with Gasteiger partial charge in [-0.1, -0.05) is 29.8 Å². The quantitative estimate of drug-likeness (QED) is 0.782. The highest BCUT2D eigenvalue weighted by atomic mass is 16.5. The van der Waals surface area contributed by atoms with Gasteiger partial charge in [-0.2, -0.15) is 0 Å². The highest BCUT2D eigenvalue weighted by molar-refractivity contribution is 5.94. The molecule has 2 aromatic carbocycles. The minimum absolute atomic E-state index is 0.0652. The van der Waals surface area contributed by atoms with Gasteiger partial charge in [0.2, 0.25) is 5.91 Å². The van der Waals surface area contributed by atoms with Crippen LogP contribution < -0.4 is 10.1 Å². The fourth-order valence-corrected chi connectivity index (χ4v) is 3.51. The lowest BCUT2D eigenvalue weighted by atomic mass is 10.1. The van der Waals surface area contributed by atoms with Crippen LogP contribution in [0.3, 0.4) is 0 Å². The first kappa shape index (κ1) is 20.9. The van der Waals surface area contributed by atoms with Crippen molar-refractivity contribution in [1.82, 2.24) is 15.1 Å². The third kappa shape index (κ3) is 5.81. The minimum atomic E-state index is -0.0652. The van der Waals surface area contributed by atoms with Gasteiger partial charge in [0.05, 0.1) is 7.11 Å². The van der Waals surface area contributed by atoms with Crippen molar-refractivity contribution in [1.29, 1.82) is 0 Å². The van der Waals surface area contributed by atoms with Crippen LogP contribution in [-0.2, 0) is 11.3 Å². The Balaban J connectivity index is 1.74. The van der Waals surface area contributed by atoms with E-state index < -0.39 is 0 Å². The van der Waals surface area contributed by atoms with Crippen molar-refractivity contribution in [3.63, 3.8) is 0 Å². The zero-order valence-corrected chi connectivity index (χ0v) is 17.2. The second-order valence-corrected chi connectivity index (χ2v) is 7.33. The molecule has 29 heavy (non-hydrogen) atoms. The van der Waals surface area contributed by atoms with Gasteiger partial charge in [-0.05, 0) is 36.8 Å². The third-order valence-electron chi connectivity index (χ3n) is 5.13. The molecule has 0 saturated carbocycles. The molecule has 6 heteroatoms. The fourth-order valence-electron chi connectivity index (χ4n) is 3.51. The monoisotopic (exact) mass is 395 g/mol. The number of amides is 2. The maximum atomic E-state index is 13.2. The van der Waals surface area contributed by atoms with Gasteiger partial charge in [-0.15, -0.1) is 0 Å². The van der Waals surface area contributed by atoms with Gasteiger partial charge in [0.15, 0.2) is 0 Å². The molecule has 0 bridgehead atoms. The number of rotatable bonds is 7. The Morgan fingerprint density at radius 3 is 2.59 bits per heavy atom. The smallest absolute Gasteiger partial charge is 0.254 e. The summed E-state index contributed by atoms with van der Waals surface area (Å²) in [5.41, 5.74) is 2.65. The first-order chi connectivity index (χ1) is 14.1. The van der Waals surface area contributed by atoms with Gasteiger partial charge in [0, 0.05) is 51.3 Å². The molecule has 1 aliphatic rings. The molecule has 1 saturated heterocycles.